The number of para-hydroxylation sites is 1. The van der Waals surface area contributed by atoms with Crippen LogP contribution in [0.2, 0.25) is 0 Å². The van der Waals surface area contributed by atoms with E-state index < -0.39 is 0 Å². The minimum Gasteiger partial charge on any atom is -0.480 e. The van der Waals surface area contributed by atoms with Gasteiger partial charge in [-0.1, -0.05) is 18.2 Å². The molecule has 4 nitrogen and oxygen atoms in total. The van der Waals surface area contributed by atoms with Gasteiger partial charge in [-0.05, 0) is 12.1 Å². The lowest BCUT2D eigenvalue weighted by Crippen LogP contribution is -2.06. The molecule has 17 heavy (non-hydrogen) atoms. The molecule has 0 fully saturated rings. The van der Waals surface area contributed by atoms with E-state index in [1.807, 2.05) is 30.3 Å². The first-order chi connectivity index (χ1) is 8.26. The van der Waals surface area contributed by atoms with Crippen LogP contribution in [0, 0.1) is 0 Å². The van der Waals surface area contributed by atoms with E-state index in [1.165, 1.54) is 0 Å². The molecule has 0 unspecified atom stereocenters. The molecule has 3 N–H and O–H groups in total. The largest absolute Gasteiger partial charge is 0.480 e. The molecule has 4 heteroatoms. The smallest absolute Gasteiger partial charge is 0.223 e. The number of methoxy groups -OCH3 is 1. The molecule has 0 saturated heterocycles. The molecule has 0 amide bonds. The first-order valence-corrected chi connectivity index (χ1v) is 5.33. The second kappa shape index (κ2) is 4.74. The molecular weight excluding hydrogens is 214 g/mol. The van der Waals surface area contributed by atoms with Crippen molar-refractivity contribution in [2.75, 3.05) is 14.2 Å². The van der Waals surface area contributed by atoms with Gasteiger partial charge < -0.3 is 15.8 Å². The fraction of sp³-hybridized carbons (Fsp3) is 0.154. The number of hydrogen-bond acceptors (Lipinski definition) is 4. The number of pyridine rings is 1. The number of fused-ring (bicyclic) bond motifs is 1. The van der Waals surface area contributed by atoms with Crippen LogP contribution < -0.4 is 15.8 Å². The molecule has 1 heterocycles. The second-order valence-corrected chi connectivity index (χ2v) is 3.63. The van der Waals surface area contributed by atoms with Crippen LogP contribution in [0.3, 0.4) is 0 Å². The Bertz CT molecular complexity index is 564. The summed E-state index contributed by atoms with van der Waals surface area (Å²) in [5.74, 6) is 0.535. The number of ether oxygens (including phenoxy) is 1. The van der Waals surface area contributed by atoms with Gasteiger partial charge in [0.1, 0.15) is 0 Å². The molecule has 2 rings (SSSR count). The SMILES string of the molecule is CN/C=C(\N)c1cc2ccccc2nc1OC. The highest BCUT2D eigenvalue weighted by atomic mass is 16.5. The molecule has 0 spiro atoms. The highest BCUT2D eigenvalue weighted by Gasteiger charge is 2.09. The van der Waals surface area contributed by atoms with Gasteiger partial charge in [0.05, 0.1) is 23.9 Å². The predicted octanol–water partition coefficient (Wildman–Crippen LogP) is 1.72. The number of benzene rings is 1. The van der Waals surface area contributed by atoms with E-state index in [4.69, 9.17) is 10.5 Å². The third-order valence-electron chi connectivity index (χ3n) is 2.49. The van der Waals surface area contributed by atoms with Crippen molar-refractivity contribution in [1.29, 1.82) is 0 Å². The Hall–Kier alpha value is -2.23. The lowest BCUT2D eigenvalue weighted by Gasteiger charge is -2.09. The first-order valence-electron chi connectivity index (χ1n) is 5.33. The van der Waals surface area contributed by atoms with Crippen molar-refractivity contribution in [1.82, 2.24) is 10.3 Å². The van der Waals surface area contributed by atoms with Crippen LogP contribution >= 0.6 is 0 Å². The zero-order valence-corrected chi connectivity index (χ0v) is 9.90. The summed E-state index contributed by atoms with van der Waals surface area (Å²) in [5, 5.41) is 3.93. The minimum atomic E-state index is 0.535. The summed E-state index contributed by atoms with van der Waals surface area (Å²) in [6.07, 6.45) is 1.72. The van der Waals surface area contributed by atoms with E-state index in [1.54, 1.807) is 20.4 Å². The summed E-state index contributed by atoms with van der Waals surface area (Å²) in [6.45, 7) is 0. The number of nitrogens with two attached hydrogens (primary N) is 1. The molecule has 0 bridgehead atoms. The van der Waals surface area contributed by atoms with Crippen LogP contribution in [0.4, 0.5) is 0 Å². The topological polar surface area (TPSA) is 60.2 Å². The molecule has 2 aromatic rings. The fourth-order valence-electron chi connectivity index (χ4n) is 1.69. The summed E-state index contributed by atoms with van der Waals surface area (Å²) >= 11 is 0. The van der Waals surface area contributed by atoms with Gasteiger partial charge in [0, 0.05) is 18.6 Å². The van der Waals surface area contributed by atoms with E-state index in [2.05, 4.69) is 10.3 Å². The number of rotatable bonds is 3. The quantitative estimate of drug-likeness (QED) is 0.841. The van der Waals surface area contributed by atoms with Crippen LogP contribution in [0.25, 0.3) is 16.6 Å². The van der Waals surface area contributed by atoms with Gasteiger partial charge in [-0.15, -0.1) is 0 Å². The minimum absolute atomic E-state index is 0.535. The van der Waals surface area contributed by atoms with Crippen LogP contribution in [0.15, 0.2) is 36.5 Å². The van der Waals surface area contributed by atoms with Gasteiger partial charge in [0.15, 0.2) is 0 Å². The Labute approximate surface area is 100 Å². The summed E-state index contributed by atoms with van der Waals surface area (Å²) in [7, 11) is 3.39. The molecular formula is C13H15N3O. The molecule has 0 radical (unpaired) electrons. The maximum absolute atomic E-state index is 5.95. The van der Waals surface area contributed by atoms with Crippen molar-refractivity contribution < 1.29 is 4.74 Å². The summed E-state index contributed by atoms with van der Waals surface area (Å²) in [4.78, 5) is 4.43. The van der Waals surface area contributed by atoms with Gasteiger partial charge in [-0.25, -0.2) is 4.98 Å². The first kappa shape index (κ1) is 11.3. The Morgan fingerprint density at radius 1 is 1.41 bits per heavy atom. The zero-order valence-electron chi connectivity index (χ0n) is 9.90. The summed E-state index contributed by atoms with van der Waals surface area (Å²) in [5.41, 5.74) is 8.24. The highest BCUT2D eigenvalue weighted by Crippen LogP contribution is 2.25. The molecule has 1 aromatic heterocycles. The van der Waals surface area contributed by atoms with E-state index in [0.717, 1.165) is 16.5 Å². The van der Waals surface area contributed by atoms with Gasteiger partial charge in [0.25, 0.3) is 0 Å². The van der Waals surface area contributed by atoms with Crippen molar-refractivity contribution in [3.63, 3.8) is 0 Å². The molecule has 0 saturated carbocycles. The van der Waals surface area contributed by atoms with Gasteiger partial charge in [-0.2, -0.15) is 0 Å². The Balaban J connectivity index is 2.65. The lowest BCUT2D eigenvalue weighted by atomic mass is 10.1. The maximum atomic E-state index is 5.95. The monoisotopic (exact) mass is 229 g/mol. The maximum Gasteiger partial charge on any atom is 0.223 e. The second-order valence-electron chi connectivity index (χ2n) is 3.63. The van der Waals surface area contributed by atoms with Crippen molar-refractivity contribution in [2.45, 2.75) is 0 Å². The average molecular weight is 229 g/mol. The predicted molar refractivity (Wildman–Crippen MR) is 69.5 cm³/mol. The van der Waals surface area contributed by atoms with Crippen molar-refractivity contribution >= 4 is 16.6 Å². The zero-order chi connectivity index (χ0) is 12.3. The fourth-order valence-corrected chi connectivity index (χ4v) is 1.69. The number of nitrogens with zero attached hydrogens (tertiary/aromatic N) is 1. The van der Waals surface area contributed by atoms with Crippen LogP contribution in [-0.2, 0) is 0 Å². The third-order valence-corrected chi connectivity index (χ3v) is 2.49. The third kappa shape index (κ3) is 2.15. The van der Waals surface area contributed by atoms with Gasteiger partial charge in [0.2, 0.25) is 5.88 Å². The Kier molecular flexibility index (Phi) is 3.14. The lowest BCUT2D eigenvalue weighted by molar-refractivity contribution is 0.398. The van der Waals surface area contributed by atoms with Crippen LogP contribution in [0.1, 0.15) is 5.56 Å². The molecule has 88 valence electrons. The van der Waals surface area contributed by atoms with E-state index in [-0.39, 0.29) is 0 Å². The summed E-state index contributed by atoms with van der Waals surface area (Å²) < 4.78 is 5.26. The Morgan fingerprint density at radius 2 is 2.18 bits per heavy atom. The molecule has 0 aliphatic carbocycles. The van der Waals surface area contributed by atoms with E-state index in [9.17, 15) is 0 Å². The van der Waals surface area contributed by atoms with E-state index in [0.29, 0.717) is 11.6 Å². The number of hydrogen-bond donors (Lipinski definition) is 2. The number of nitrogens with one attached hydrogen (secondary N) is 1. The van der Waals surface area contributed by atoms with Gasteiger partial charge >= 0.3 is 0 Å². The Morgan fingerprint density at radius 3 is 2.88 bits per heavy atom. The van der Waals surface area contributed by atoms with Crippen molar-refractivity contribution in [3.8, 4) is 5.88 Å². The van der Waals surface area contributed by atoms with Crippen molar-refractivity contribution in [3.05, 3.63) is 42.1 Å². The normalized spacial score (nSPS) is 11.5. The molecule has 0 aliphatic rings. The van der Waals surface area contributed by atoms with Crippen LogP contribution in [0.5, 0.6) is 5.88 Å². The standard InChI is InChI=1S/C13H15N3O/c1-15-8-11(14)10-7-9-5-3-4-6-12(9)16-13(10)17-2/h3-8,15H,14H2,1-2H3/b11-8-. The van der Waals surface area contributed by atoms with Gasteiger partial charge in [-0.3, -0.25) is 0 Å². The highest BCUT2D eigenvalue weighted by molar-refractivity contribution is 5.84. The molecule has 0 aliphatic heterocycles. The average Bonchev–Trinajstić information content (AvgIpc) is 2.37. The van der Waals surface area contributed by atoms with Crippen molar-refractivity contribution in [2.24, 2.45) is 5.73 Å². The van der Waals surface area contributed by atoms with Crippen LogP contribution in [-0.4, -0.2) is 19.1 Å². The molecule has 0 atom stereocenters. The molecule has 1 aromatic carbocycles. The van der Waals surface area contributed by atoms with E-state index >= 15 is 0 Å². The number of aromatic nitrogens is 1. The summed E-state index contributed by atoms with van der Waals surface area (Å²) in [6, 6.07) is 9.83.